The predicted octanol–water partition coefficient (Wildman–Crippen LogP) is 18.2. The molecule has 0 atom stereocenters. The summed E-state index contributed by atoms with van der Waals surface area (Å²) in [6.07, 6.45) is 42.5. The van der Waals surface area contributed by atoms with E-state index in [0.29, 0.717) is 0 Å². The molecule has 2 aromatic rings. The summed E-state index contributed by atoms with van der Waals surface area (Å²) in [5, 5.41) is 0. The molecular weight excluding hydrogens is 677 g/mol. The highest BCUT2D eigenvalue weighted by Crippen LogP contribution is 2.25. The molecule has 0 aliphatic carbocycles. The summed E-state index contributed by atoms with van der Waals surface area (Å²) < 4.78 is 0. The molecule has 2 aromatic carbocycles. The molecule has 314 valence electrons. The fraction of sp³-hybridized carbons (Fsp3) is 0.704. The lowest BCUT2D eigenvalue weighted by Crippen LogP contribution is -2.14. The van der Waals surface area contributed by atoms with Gasteiger partial charge in [0, 0.05) is 12.0 Å². The number of nitrogens with zero attached hydrogens (tertiary/aromatic N) is 2. The number of hydrogen-bond acceptors (Lipinski definition) is 2. The Morgan fingerprint density at radius 1 is 0.393 bits per heavy atom. The summed E-state index contributed by atoms with van der Waals surface area (Å²) in [6.45, 7) is 11.5. The van der Waals surface area contributed by atoms with Crippen LogP contribution in [0.2, 0.25) is 0 Å². The van der Waals surface area contributed by atoms with Crippen molar-refractivity contribution in [2.24, 2.45) is 9.98 Å². The Hall–Kier alpha value is -2.66. The third-order valence-electron chi connectivity index (χ3n) is 11.3. The average molecular weight is 765 g/mol. The molecule has 0 aliphatic rings. The van der Waals surface area contributed by atoms with Gasteiger partial charge in [0.25, 0.3) is 0 Å². The van der Waals surface area contributed by atoms with Crippen LogP contribution in [0.25, 0.3) is 0 Å². The number of hydrogen-bond donors (Lipinski definition) is 0. The van der Waals surface area contributed by atoms with Crippen LogP contribution in [0.5, 0.6) is 0 Å². The van der Waals surface area contributed by atoms with Crippen molar-refractivity contribution in [2.45, 2.75) is 247 Å². The van der Waals surface area contributed by atoms with E-state index in [-0.39, 0.29) is 0 Å². The van der Waals surface area contributed by atoms with Crippen molar-refractivity contribution in [3.63, 3.8) is 0 Å². The van der Waals surface area contributed by atoms with Crippen LogP contribution in [0, 0.1) is 11.8 Å². The smallest absolute Gasteiger partial charge is 0.0639 e. The summed E-state index contributed by atoms with van der Waals surface area (Å²) in [7, 11) is 0. The van der Waals surface area contributed by atoms with Crippen LogP contribution in [-0.4, -0.2) is 11.4 Å². The van der Waals surface area contributed by atoms with E-state index >= 15 is 0 Å². The van der Waals surface area contributed by atoms with E-state index in [1.54, 1.807) is 0 Å². The highest BCUT2D eigenvalue weighted by molar-refractivity contribution is 6.43. The fourth-order valence-corrected chi connectivity index (χ4v) is 7.70. The fourth-order valence-electron chi connectivity index (χ4n) is 7.70. The van der Waals surface area contributed by atoms with Gasteiger partial charge in [-0.05, 0) is 105 Å². The molecule has 2 heteroatoms. The molecule has 0 spiro atoms. The SMILES string of the molecule is CCCCCCCCCCCCCCCCC#Cc1ccc(N=C(CCCC)C(CCCCCCCC)=Nc2cc(CCCCC)cc(CCCCC)c2)cc1. The first-order valence-corrected chi connectivity index (χ1v) is 24.5. The molecular formula is C54H88N2. The van der Waals surface area contributed by atoms with Gasteiger partial charge in [-0.25, -0.2) is 0 Å². The number of aryl methyl sites for hydroxylation is 2. The summed E-state index contributed by atoms with van der Waals surface area (Å²) >= 11 is 0. The Morgan fingerprint density at radius 2 is 0.786 bits per heavy atom. The third-order valence-corrected chi connectivity index (χ3v) is 11.3. The topological polar surface area (TPSA) is 24.7 Å². The lowest BCUT2D eigenvalue weighted by Gasteiger charge is -2.13. The maximum absolute atomic E-state index is 5.51. The van der Waals surface area contributed by atoms with Crippen molar-refractivity contribution in [1.82, 2.24) is 0 Å². The number of benzene rings is 2. The van der Waals surface area contributed by atoms with E-state index in [1.807, 2.05) is 0 Å². The second kappa shape index (κ2) is 35.5. The van der Waals surface area contributed by atoms with Gasteiger partial charge in [0.1, 0.15) is 0 Å². The van der Waals surface area contributed by atoms with Crippen molar-refractivity contribution < 1.29 is 0 Å². The highest BCUT2D eigenvalue weighted by Gasteiger charge is 2.12. The van der Waals surface area contributed by atoms with Crippen LogP contribution >= 0.6 is 0 Å². The molecule has 0 radical (unpaired) electrons. The van der Waals surface area contributed by atoms with Crippen LogP contribution in [0.1, 0.15) is 250 Å². The quantitative estimate of drug-likeness (QED) is 0.0379. The second-order valence-corrected chi connectivity index (χ2v) is 16.9. The molecule has 0 saturated heterocycles. The van der Waals surface area contributed by atoms with Crippen LogP contribution < -0.4 is 0 Å². The van der Waals surface area contributed by atoms with E-state index in [9.17, 15) is 0 Å². The predicted molar refractivity (Wildman–Crippen MR) is 253 cm³/mol. The minimum absolute atomic E-state index is 0.978. The molecule has 0 saturated carbocycles. The zero-order valence-corrected chi connectivity index (χ0v) is 37.8. The van der Waals surface area contributed by atoms with E-state index in [4.69, 9.17) is 9.98 Å². The minimum Gasteiger partial charge on any atom is -0.252 e. The maximum atomic E-state index is 5.51. The van der Waals surface area contributed by atoms with Gasteiger partial charge in [-0.2, -0.15) is 0 Å². The Labute approximate surface area is 349 Å². The van der Waals surface area contributed by atoms with Gasteiger partial charge in [-0.3, -0.25) is 9.98 Å². The molecule has 0 aromatic heterocycles. The number of rotatable bonds is 35. The maximum Gasteiger partial charge on any atom is 0.0639 e. The van der Waals surface area contributed by atoms with Gasteiger partial charge in [0.2, 0.25) is 0 Å². The first-order valence-electron chi connectivity index (χ1n) is 24.5. The molecule has 0 aliphatic heterocycles. The monoisotopic (exact) mass is 765 g/mol. The number of aliphatic imine (C=N–C) groups is 2. The first kappa shape index (κ1) is 49.5. The minimum atomic E-state index is 0.978. The van der Waals surface area contributed by atoms with Crippen LogP contribution in [0.4, 0.5) is 11.4 Å². The molecule has 0 bridgehead atoms. The Bertz CT molecular complexity index is 1310. The average Bonchev–Trinajstić information content (AvgIpc) is 3.21. The van der Waals surface area contributed by atoms with Gasteiger partial charge in [-0.1, -0.05) is 200 Å². The standard InChI is InChI=1S/C54H88N2/c1-6-11-16-18-20-21-22-23-24-25-26-27-28-29-30-34-36-48-41-43-51(44-42-48)55-53(39-15-10-5)54(40-35-31-19-17-12-7-2)56-52-46-49(37-32-13-8-3)45-50(47-52)38-33-14-9-4/h41-47H,6-33,35,37-40H2,1-5H3. The Kier molecular flexibility index (Phi) is 31.4. The van der Waals surface area contributed by atoms with Crippen molar-refractivity contribution in [3.05, 3.63) is 59.2 Å². The van der Waals surface area contributed by atoms with Gasteiger partial charge in [0.15, 0.2) is 0 Å². The van der Waals surface area contributed by atoms with Crippen LogP contribution in [0.3, 0.4) is 0 Å². The van der Waals surface area contributed by atoms with Crippen molar-refractivity contribution in [2.75, 3.05) is 0 Å². The zero-order valence-electron chi connectivity index (χ0n) is 37.8. The molecule has 0 fully saturated rings. The highest BCUT2D eigenvalue weighted by atomic mass is 14.8. The molecule has 2 nitrogen and oxygen atoms in total. The number of unbranched alkanes of at least 4 members (excludes halogenated alkanes) is 24. The van der Waals surface area contributed by atoms with Crippen molar-refractivity contribution in [3.8, 4) is 11.8 Å². The normalized spacial score (nSPS) is 11.9. The van der Waals surface area contributed by atoms with Crippen molar-refractivity contribution in [1.29, 1.82) is 0 Å². The van der Waals surface area contributed by atoms with Crippen LogP contribution in [-0.2, 0) is 12.8 Å². The van der Waals surface area contributed by atoms with Crippen LogP contribution in [0.15, 0.2) is 52.4 Å². The Morgan fingerprint density at radius 3 is 1.27 bits per heavy atom. The van der Waals surface area contributed by atoms with Gasteiger partial charge in [-0.15, -0.1) is 0 Å². The summed E-state index contributed by atoms with van der Waals surface area (Å²) in [4.78, 5) is 10.9. The van der Waals surface area contributed by atoms with E-state index in [2.05, 4.69) is 88.9 Å². The third kappa shape index (κ3) is 25.6. The van der Waals surface area contributed by atoms with E-state index in [1.165, 1.54) is 189 Å². The molecule has 56 heavy (non-hydrogen) atoms. The van der Waals surface area contributed by atoms with E-state index < -0.39 is 0 Å². The molecule has 2 rings (SSSR count). The zero-order chi connectivity index (χ0) is 40.2. The summed E-state index contributed by atoms with van der Waals surface area (Å²) in [5.41, 5.74) is 8.56. The lowest BCUT2D eigenvalue weighted by atomic mass is 9.99. The molecule has 0 unspecified atom stereocenters. The largest absolute Gasteiger partial charge is 0.252 e. The van der Waals surface area contributed by atoms with Gasteiger partial charge >= 0.3 is 0 Å². The van der Waals surface area contributed by atoms with Crippen molar-refractivity contribution >= 4 is 22.8 Å². The Balaban J connectivity index is 2.07. The van der Waals surface area contributed by atoms with Gasteiger partial charge in [0.05, 0.1) is 22.8 Å². The molecule has 0 amide bonds. The van der Waals surface area contributed by atoms with E-state index in [0.717, 1.165) is 61.9 Å². The van der Waals surface area contributed by atoms with Gasteiger partial charge < -0.3 is 0 Å². The molecule has 0 N–H and O–H groups in total. The second-order valence-electron chi connectivity index (χ2n) is 16.9. The lowest BCUT2D eigenvalue weighted by molar-refractivity contribution is 0.536. The summed E-state index contributed by atoms with van der Waals surface area (Å²) in [5.74, 6) is 6.89. The summed E-state index contributed by atoms with van der Waals surface area (Å²) in [6, 6.07) is 15.9. The molecule has 0 heterocycles. The first-order chi connectivity index (χ1) is 27.6.